The molecule has 0 bridgehead atoms. The van der Waals surface area contributed by atoms with E-state index in [1.54, 1.807) is 18.3 Å². The van der Waals surface area contributed by atoms with E-state index >= 15 is 0 Å². The second-order valence-corrected chi connectivity index (χ2v) is 10.9. The summed E-state index contributed by atoms with van der Waals surface area (Å²) in [4.78, 5) is 9.15. The molecule has 4 heterocycles. The molecule has 38 heavy (non-hydrogen) atoms. The number of hydrogen-bond donors (Lipinski definition) is 1. The van der Waals surface area contributed by atoms with Crippen LogP contribution in [-0.2, 0) is 0 Å². The SMILES string of the molecule is CC1CCN(c2ccc(N3C(=S)N[C@H](c4ccccn4)[C@H]3c3cccn3-c3ccc(F)cc3)cc2Cl)CC1. The molecule has 4 aromatic rings. The molecule has 2 aliphatic heterocycles. The minimum atomic E-state index is -0.267. The molecule has 2 atom stereocenters. The average Bonchev–Trinajstić information content (AvgIpc) is 3.54. The molecule has 2 fully saturated rings. The number of aromatic nitrogens is 2. The van der Waals surface area contributed by atoms with Crippen LogP contribution in [0.15, 0.2) is 85.2 Å². The van der Waals surface area contributed by atoms with Crippen molar-refractivity contribution in [3.05, 3.63) is 107 Å². The lowest BCUT2D eigenvalue weighted by Crippen LogP contribution is -2.33. The van der Waals surface area contributed by atoms with Crippen molar-refractivity contribution in [1.29, 1.82) is 0 Å². The Morgan fingerprint density at radius 2 is 1.74 bits per heavy atom. The summed E-state index contributed by atoms with van der Waals surface area (Å²) in [5, 5.41) is 4.84. The van der Waals surface area contributed by atoms with E-state index in [-0.39, 0.29) is 17.9 Å². The quantitative estimate of drug-likeness (QED) is 0.271. The van der Waals surface area contributed by atoms with Crippen LogP contribution in [0.1, 0.15) is 43.2 Å². The zero-order chi connectivity index (χ0) is 26.2. The number of rotatable bonds is 5. The van der Waals surface area contributed by atoms with Crippen molar-refractivity contribution in [2.45, 2.75) is 31.8 Å². The van der Waals surface area contributed by atoms with Crippen molar-refractivity contribution in [2.24, 2.45) is 5.92 Å². The van der Waals surface area contributed by atoms with E-state index in [1.807, 2.05) is 36.5 Å². The van der Waals surface area contributed by atoms with Gasteiger partial charge in [0.25, 0.3) is 0 Å². The Bertz CT molecular complexity index is 1430. The van der Waals surface area contributed by atoms with Crippen molar-refractivity contribution in [1.82, 2.24) is 14.9 Å². The lowest BCUT2D eigenvalue weighted by molar-refractivity contribution is 0.438. The number of benzene rings is 2. The van der Waals surface area contributed by atoms with Gasteiger partial charge in [-0.3, -0.25) is 4.98 Å². The Morgan fingerprint density at radius 3 is 2.45 bits per heavy atom. The second-order valence-electron chi connectivity index (χ2n) is 10.1. The zero-order valence-electron chi connectivity index (χ0n) is 21.1. The highest BCUT2D eigenvalue weighted by molar-refractivity contribution is 7.80. The molecule has 6 rings (SSSR count). The van der Waals surface area contributed by atoms with Gasteiger partial charge in [0.1, 0.15) is 11.9 Å². The van der Waals surface area contributed by atoms with Crippen molar-refractivity contribution < 1.29 is 4.39 Å². The summed E-state index contributed by atoms with van der Waals surface area (Å²) in [7, 11) is 0. The first-order valence-electron chi connectivity index (χ1n) is 13.0. The van der Waals surface area contributed by atoms with Gasteiger partial charge < -0.3 is 19.7 Å². The first kappa shape index (κ1) is 24.9. The molecular weight excluding hydrogens is 517 g/mol. The molecule has 0 amide bonds. The maximum absolute atomic E-state index is 13.7. The zero-order valence-corrected chi connectivity index (χ0v) is 22.7. The van der Waals surface area contributed by atoms with Gasteiger partial charge in [-0.2, -0.15) is 0 Å². The van der Waals surface area contributed by atoms with Crippen LogP contribution in [0.5, 0.6) is 0 Å². The van der Waals surface area contributed by atoms with Crippen LogP contribution in [0.4, 0.5) is 15.8 Å². The first-order chi connectivity index (χ1) is 18.5. The smallest absolute Gasteiger partial charge is 0.174 e. The van der Waals surface area contributed by atoms with Crippen LogP contribution < -0.4 is 15.1 Å². The fourth-order valence-corrected chi connectivity index (χ4v) is 6.20. The van der Waals surface area contributed by atoms with Gasteiger partial charge in [0, 0.05) is 42.6 Å². The molecule has 0 radical (unpaired) electrons. The molecule has 8 heteroatoms. The van der Waals surface area contributed by atoms with E-state index in [9.17, 15) is 4.39 Å². The molecule has 0 aliphatic carbocycles. The van der Waals surface area contributed by atoms with Crippen molar-refractivity contribution in [2.75, 3.05) is 22.9 Å². The molecule has 1 N–H and O–H groups in total. The van der Waals surface area contributed by atoms with Gasteiger partial charge in [-0.15, -0.1) is 0 Å². The maximum Gasteiger partial charge on any atom is 0.174 e. The predicted molar refractivity (Wildman–Crippen MR) is 156 cm³/mol. The van der Waals surface area contributed by atoms with Gasteiger partial charge in [0.05, 0.1) is 22.4 Å². The molecule has 0 unspecified atom stereocenters. The lowest BCUT2D eigenvalue weighted by atomic mass is 9.98. The summed E-state index contributed by atoms with van der Waals surface area (Å²) in [6.07, 6.45) is 6.13. The van der Waals surface area contributed by atoms with Crippen molar-refractivity contribution in [3.8, 4) is 5.69 Å². The van der Waals surface area contributed by atoms with Gasteiger partial charge in [0.15, 0.2) is 5.11 Å². The molecule has 2 aromatic carbocycles. The molecule has 2 aromatic heterocycles. The van der Waals surface area contributed by atoms with Crippen LogP contribution in [0.3, 0.4) is 0 Å². The maximum atomic E-state index is 13.7. The Morgan fingerprint density at radius 1 is 0.974 bits per heavy atom. The fraction of sp³-hybridized carbons (Fsp3) is 0.267. The normalized spacial score (nSPS) is 20.1. The standard InChI is InChI=1S/C30H29ClFN5S/c1-20-13-17-35(18-14-20)26-12-11-23(19-24(26)31)37-29(28(34-30(37)38)25-5-2-3-15-33-25)27-6-4-16-36(27)22-9-7-21(32)8-10-22/h2-12,15-16,19-20,28-29H,13-14,17-18H2,1H3,(H,34,38)/t28-,29-/m1/s1. The van der Waals surface area contributed by atoms with Crippen molar-refractivity contribution >= 4 is 40.3 Å². The van der Waals surface area contributed by atoms with E-state index < -0.39 is 0 Å². The van der Waals surface area contributed by atoms with Crippen LogP contribution in [0.25, 0.3) is 5.69 Å². The number of anilines is 2. The number of piperidine rings is 1. The Hall–Kier alpha value is -3.42. The molecular formula is C30H29ClFN5S. The number of pyridine rings is 1. The number of hydrogen-bond acceptors (Lipinski definition) is 3. The Labute approximate surface area is 232 Å². The van der Waals surface area contributed by atoms with Gasteiger partial charge >= 0.3 is 0 Å². The number of halogens is 2. The summed E-state index contributed by atoms with van der Waals surface area (Å²) < 4.78 is 15.8. The summed E-state index contributed by atoms with van der Waals surface area (Å²) in [5.41, 5.74) is 4.74. The molecule has 194 valence electrons. The first-order valence-corrected chi connectivity index (χ1v) is 13.8. The van der Waals surface area contributed by atoms with Crippen molar-refractivity contribution in [3.63, 3.8) is 0 Å². The Balaban J connectivity index is 1.42. The topological polar surface area (TPSA) is 36.3 Å². The van der Waals surface area contributed by atoms with Gasteiger partial charge in [-0.25, -0.2) is 4.39 Å². The minimum Gasteiger partial charge on any atom is -0.370 e. The molecule has 2 aliphatic rings. The Kier molecular flexibility index (Phi) is 6.80. The van der Waals surface area contributed by atoms with Crippen LogP contribution in [-0.4, -0.2) is 27.8 Å². The highest BCUT2D eigenvalue weighted by Crippen LogP contribution is 2.44. The third-order valence-electron chi connectivity index (χ3n) is 7.62. The molecule has 0 spiro atoms. The summed E-state index contributed by atoms with van der Waals surface area (Å²) in [6, 6.07) is 22.3. The highest BCUT2D eigenvalue weighted by atomic mass is 35.5. The monoisotopic (exact) mass is 545 g/mol. The fourth-order valence-electron chi connectivity index (χ4n) is 5.56. The summed E-state index contributed by atoms with van der Waals surface area (Å²) in [5.74, 6) is 0.482. The van der Waals surface area contributed by atoms with E-state index in [4.69, 9.17) is 23.8 Å². The number of thiocarbonyl (C=S) groups is 1. The predicted octanol–water partition coefficient (Wildman–Crippen LogP) is 7.08. The second kappa shape index (κ2) is 10.4. The van der Waals surface area contributed by atoms with Crippen LogP contribution >= 0.6 is 23.8 Å². The van der Waals surface area contributed by atoms with Gasteiger partial charge in [0.2, 0.25) is 0 Å². The highest BCUT2D eigenvalue weighted by Gasteiger charge is 2.42. The van der Waals surface area contributed by atoms with E-state index in [0.29, 0.717) is 10.1 Å². The molecule has 2 saturated heterocycles. The number of nitrogens with one attached hydrogen (secondary N) is 1. The van der Waals surface area contributed by atoms with Gasteiger partial charge in [-0.05, 0) is 97.7 Å². The molecule has 5 nitrogen and oxygen atoms in total. The molecule has 0 saturated carbocycles. The average molecular weight is 546 g/mol. The third-order valence-corrected chi connectivity index (χ3v) is 8.24. The number of nitrogens with zero attached hydrogens (tertiary/aromatic N) is 4. The van der Waals surface area contributed by atoms with E-state index in [2.05, 4.69) is 49.8 Å². The van der Waals surface area contributed by atoms with E-state index in [1.165, 1.54) is 25.0 Å². The minimum absolute atomic E-state index is 0.195. The van der Waals surface area contributed by atoms with Gasteiger partial charge in [-0.1, -0.05) is 24.6 Å². The largest absolute Gasteiger partial charge is 0.370 e. The third kappa shape index (κ3) is 4.65. The lowest BCUT2D eigenvalue weighted by Gasteiger charge is -2.33. The van der Waals surface area contributed by atoms with E-state index in [0.717, 1.165) is 47.5 Å². The van der Waals surface area contributed by atoms with Crippen LogP contribution in [0.2, 0.25) is 5.02 Å². The summed E-state index contributed by atoms with van der Waals surface area (Å²) >= 11 is 12.8. The van der Waals surface area contributed by atoms with Crippen LogP contribution in [0, 0.1) is 11.7 Å². The summed E-state index contributed by atoms with van der Waals surface area (Å²) in [6.45, 7) is 4.34.